The first-order valence-corrected chi connectivity index (χ1v) is 13.5. The average Bonchev–Trinajstić information content (AvgIpc) is 3.20. The second kappa shape index (κ2) is 13.2. The lowest BCUT2D eigenvalue weighted by Gasteiger charge is -2.23. The second-order valence-electron chi connectivity index (χ2n) is 10.8. The van der Waals surface area contributed by atoms with Crippen molar-refractivity contribution < 1.29 is 55.9 Å². The van der Waals surface area contributed by atoms with Crippen molar-refractivity contribution in [3.05, 3.63) is 32.9 Å². The fourth-order valence-corrected chi connectivity index (χ4v) is 3.95. The van der Waals surface area contributed by atoms with E-state index in [1.165, 1.54) is 0 Å². The molecule has 0 spiro atoms. The molecule has 1 fully saturated rings. The minimum Gasteiger partial charge on any atom is -0.460 e. The third kappa shape index (κ3) is 9.63. The van der Waals surface area contributed by atoms with Gasteiger partial charge in [-0.1, -0.05) is 0 Å². The van der Waals surface area contributed by atoms with Crippen LogP contribution < -0.4 is 11.2 Å². The highest BCUT2D eigenvalue weighted by Crippen LogP contribution is 2.50. The van der Waals surface area contributed by atoms with Gasteiger partial charge in [0, 0.05) is 13.3 Å². The van der Waals surface area contributed by atoms with Crippen molar-refractivity contribution in [1.82, 2.24) is 9.55 Å². The average molecular weight is 596 g/mol. The summed E-state index contributed by atoms with van der Waals surface area (Å²) >= 11 is 0. The Labute approximate surface area is 228 Å². The summed E-state index contributed by atoms with van der Waals surface area (Å²) in [5.41, 5.74) is -4.02. The fraction of sp³-hybridized carbons (Fsp3) is 0.696. The first kappa shape index (κ1) is 33.3. The Morgan fingerprint density at radius 1 is 1.02 bits per heavy atom. The zero-order chi connectivity index (χ0) is 30.5. The van der Waals surface area contributed by atoms with Crippen molar-refractivity contribution in [1.29, 1.82) is 0 Å². The molecule has 0 bridgehead atoms. The molecule has 17 heteroatoms. The minimum absolute atomic E-state index is 0.169. The highest BCUT2D eigenvalue weighted by atomic mass is 31.2. The molecule has 1 saturated heterocycles. The standard InChI is InChI=1S/C23H34FN2O13P/c1-13(27)38-15-8-17(26-9-14(24)18(28)25-21(26)31)39-16(15)10-35-40(32,36-11-33-19(29)22(2,3)4)37-12-34-20(30)23(5,6)7/h9,15-17H,8,10-12H2,1-7H3,(H,25,28,31)/t15?,16-,17-/m1/s1. The van der Waals surface area contributed by atoms with E-state index in [9.17, 15) is 32.9 Å². The van der Waals surface area contributed by atoms with Crippen LogP contribution in [0.1, 0.15) is 61.1 Å². The number of phosphoric acid groups is 1. The van der Waals surface area contributed by atoms with Gasteiger partial charge in [0.1, 0.15) is 18.4 Å². The predicted molar refractivity (Wildman–Crippen MR) is 132 cm³/mol. The summed E-state index contributed by atoms with van der Waals surface area (Å²) in [6.07, 6.45) is -3.01. The van der Waals surface area contributed by atoms with Gasteiger partial charge in [-0.15, -0.1) is 0 Å². The highest BCUT2D eigenvalue weighted by molar-refractivity contribution is 7.48. The van der Waals surface area contributed by atoms with E-state index in [2.05, 4.69) is 0 Å². The van der Waals surface area contributed by atoms with Crippen molar-refractivity contribution in [2.24, 2.45) is 10.8 Å². The number of ether oxygens (including phenoxy) is 4. The molecule has 1 aromatic rings. The normalized spacial score (nSPS) is 19.8. The van der Waals surface area contributed by atoms with Crippen LogP contribution in [0.3, 0.4) is 0 Å². The molecule has 15 nitrogen and oxygen atoms in total. The topological polar surface area (TPSA) is 188 Å². The molecule has 0 aromatic carbocycles. The van der Waals surface area contributed by atoms with Gasteiger partial charge in [0.2, 0.25) is 19.4 Å². The summed E-state index contributed by atoms with van der Waals surface area (Å²) in [7, 11) is -4.62. The van der Waals surface area contributed by atoms with Crippen LogP contribution in [0, 0.1) is 16.6 Å². The van der Waals surface area contributed by atoms with Crippen LogP contribution in [0.2, 0.25) is 0 Å². The van der Waals surface area contributed by atoms with Crippen LogP contribution in [0.5, 0.6) is 0 Å². The minimum atomic E-state index is -4.62. The summed E-state index contributed by atoms with van der Waals surface area (Å²) in [4.78, 5) is 61.0. The number of hydrogen-bond donors (Lipinski definition) is 1. The second-order valence-corrected chi connectivity index (χ2v) is 12.4. The van der Waals surface area contributed by atoms with Crippen molar-refractivity contribution in [2.75, 3.05) is 20.2 Å². The van der Waals surface area contributed by atoms with Crippen LogP contribution >= 0.6 is 7.82 Å². The van der Waals surface area contributed by atoms with E-state index in [4.69, 9.17) is 32.5 Å². The van der Waals surface area contributed by atoms with Crippen molar-refractivity contribution >= 4 is 25.7 Å². The number of H-pyrrole nitrogens is 1. The third-order valence-corrected chi connectivity index (χ3v) is 6.46. The largest absolute Gasteiger partial charge is 0.480 e. The highest BCUT2D eigenvalue weighted by Gasteiger charge is 2.42. The molecule has 40 heavy (non-hydrogen) atoms. The van der Waals surface area contributed by atoms with Gasteiger partial charge >= 0.3 is 31.4 Å². The number of nitrogens with one attached hydrogen (secondary N) is 1. The van der Waals surface area contributed by atoms with Crippen LogP contribution in [-0.2, 0) is 51.5 Å². The number of esters is 3. The number of halogens is 1. The molecule has 0 amide bonds. The zero-order valence-electron chi connectivity index (χ0n) is 23.2. The van der Waals surface area contributed by atoms with E-state index in [-0.39, 0.29) is 6.42 Å². The van der Waals surface area contributed by atoms with E-state index in [0.29, 0.717) is 6.20 Å². The van der Waals surface area contributed by atoms with Gasteiger partial charge in [-0.05, 0) is 41.5 Å². The molecule has 3 atom stereocenters. The van der Waals surface area contributed by atoms with E-state index in [0.717, 1.165) is 11.5 Å². The van der Waals surface area contributed by atoms with E-state index >= 15 is 0 Å². The monoisotopic (exact) mass is 596 g/mol. The molecule has 1 N–H and O–H groups in total. The number of rotatable bonds is 11. The van der Waals surface area contributed by atoms with Crippen LogP contribution in [-0.4, -0.2) is 59.9 Å². The van der Waals surface area contributed by atoms with Crippen molar-refractivity contribution in [3.63, 3.8) is 0 Å². The van der Waals surface area contributed by atoms with Gasteiger partial charge in [-0.3, -0.25) is 33.3 Å². The molecule has 1 unspecified atom stereocenters. The molecule has 1 aliphatic rings. The first-order chi connectivity index (χ1) is 18.3. The molecule has 2 heterocycles. The first-order valence-electron chi connectivity index (χ1n) is 12.0. The lowest BCUT2D eigenvalue weighted by molar-refractivity contribution is -0.163. The molecule has 226 valence electrons. The smallest absolute Gasteiger partial charge is 0.460 e. The maximum absolute atomic E-state index is 13.8. The Morgan fingerprint density at radius 3 is 2.02 bits per heavy atom. The van der Waals surface area contributed by atoms with Crippen LogP contribution in [0.15, 0.2) is 15.8 Å². The summed E-state index contributed by atoms with van der Waals surface area (Å²) in [5.74, 6) is -3.35. The predicted octanol–water partition coefficient (Wildman–Crippen LogP) is 2.15. The Balaban J connectivity index is 2.18. The number of phosphoric ester groups is 1. The van der Waals surface area contributed by atoms with Crippen LogP contribution in [0.4, 0.5) is 4.39 Å². The van der Waals surface area contributed by atoms with Gasteiger partial charge < -0.3 is 18.9 Å². The van der Waals surface area contributed by atoms with E-state index in [1.807, 2.05) is 0 Å². The van der Waals surface area contributed by atoms with Crippen LogP contribution in [0.25, 0.3) is 0 Å². The lowest BCUT2D eigenvalue weighted by Crippen LogP contribution is -2.34. The molecule has 1 aromatic heterocycles. The third-order valence-electron chi connectivity index (χ3n) is 5.16. The number of aromatic nitrogens is 2. The maximum atomic E-state index is 13.8. The number of carbonyl (C=O) groups excluding carboxylic acids is 3. The Kier molecular flexibility index (Phi) is 11.0. The zero-order valence-corrected chi connectivity index (χ0v) is 24.1. The number of aromatic amines is 1. The lowest BCUT2D eigenvalue weighted by atomic mass is 9.98. The van der Waals surface area contributed by atoms with E-state index < -0.39 is 92.3 Å². The molecule has 0 aliphatic carbocycles. The summed E-state index contributed by atoms with van der Waals surface area (Å²) in [6.45, 7) is 8.25. The van der Waals surface area contributed by atoms with Gasteiger partial charge in [-0.2, -0.15) is 4.39 Å². The number of nitrogens with zero attached hydrogens (tertiary/aromatic N) is 1. The molecular formula is C23H34FN2O13P. The maximum Gasteiger partial charge on any atom is 0.480 e. The molecule has 0 radical (unpaired) electrons. The molecule has 0 saturated carbocycles. The van der Waals surface area contributed by atoms with Gasteiger partial charge in [-0.25, -0.2) is 18.4 Å². The van der Waals surface area contributed by atoms with Crippen molar-refractivity contribution in [3.8, 4) is 0 Å². The van der Waals surface area contributed by atoms with Gasteiger partial charge in [0.25, 0.3) is 5.56 Å². The number of carbonyl (C=O) groups is 3. The quantitative estimate of drug-likeness (QED) is 0.170. The number of hydrogen-bond acceptors (Lipinski definition) is 13. The Hall–Kier alpha value is -2.91. The molecule has 1 aliphatic heterocycles. The van der Waals surface area contributed by atoms with Gasteiger partial charge in [0.15, 0.2) is 0 Å². The summed E-state index contributed by atoms with van der Waals surface area (Å²) < 4.78 is 64.0. The fourth-order valence-electron chi connectivity index (χ4n) is 3.03. The Bertz CT molecular complexity index is 1210. The summed E-state index contributed by atoms with van der Waals surface area (Å²) in [5, 5.41) is 0. The molecular weight excluding hydrogens is 562 g/mol. The van der Waals surface area contributed by atoms with E-state index in [1.54, 1.807) is 46.5 Å². The molecule has 2 rings (SSSR count). The van der Waals surface area contributed by atoms with Gasteiger partial charge in [0.05, 0.1) is 23.6 Å². The summed E-state index contributed by atoms with van der Waals surface area (Å²) in [6, 6.07) is 0. The van der Waals surface area contributed by atoms with Crippen molar-refractivity contribution in [2.45, 2.75) is 73.3 Å². The SMILES string of the molecule is CC(=O)OC1C[C@H](n2cc(F)c(=O)[nH]c2=O)O[C@@H]1COP(=O)(OCOC(=O)C(C)(C)C)OCOC(=O)C(C)(C)C. The Morgan fingerprint density at radius 2 is 1.55 bits per heavy atom.